The fourth-order valence-electron chi connectivity index (χ4n) is 2.16. The summed E-state index contributed by atoms with van der Waals surface area (Å²) in [7, 11) is 3.10. The summed E-state index contributed by atoms with van der Waals surface area (Å²) in [6.07, 6.45) is 0. The van der Waals surface area contributed by atoms with Crippen molar-refractivity contribution in [1.82, 2.24) is 10.2 Å². The fourth-order valence-corrected chi connectivity index (χ4v) is 2.16. The van der Waals surface area contributed by atoms with E-state index in [0.717, 1.165) is 22.3 Å². The molecule has 0 aliphatic rings. The molecule has 3 aromatic rings. The maximum absolute atomic E-state index is 13.0. The van der Waals surface area contributed by atoms with Crippen LogP contribution in [0.25, 0.3) is 10.9 Å². The Bertz CT molecular complexity index is 868. The summed E-state index contributed by atoms with van der Waals surface area (Å²) in [5.74, 6) is 8.43. The van der Waals surface area contributed by atoms with E-state index >= 15 is 0 Å². The van der Waals surface area contributed by atoms with Gasteiger partial charge in [-0.05, 0) is 38.1 Å². The van der Waals surface area contributed by atoms with Gasteiger partial charge in [-0.25, -0.2) is 4.39 Å². The van der Waals surface area contributed by atoms with Crippen LogP contribution in [0.3, 0.4) is 0 Å². The van der Waals surface area contributed by atoms with E-state index in [0.29, 0.717) is 5.75 Å². The average Bonchev–Trinajstić information content (AvgIpc) is 3.03. The molecule has 0 spiro atoms. The Morgan fingerprint density at radius 2 is 1.63 bits per heavy atom. The highest BCUT2D eigenvalue weighted by Gasteiger charge is 2.07. The Kier molecular flexibility index (Phi) is 10.3. The highest BCUT2D eigenvalue weighted by atomic mass is 19.1. The second-order valence-electron chi connectivity index (χ2n) is 5.13. The second-order valence-corrected chi connectivity index (χ2v) is 5.13. The number of benzene rings is 2. The van der Waals surface area contributed by atoms with Gasteiger partial charge in [-0.15, -0.1) is 0 Å². The lowest BCUT2D eigenvalue weighted by Crippen LogP contribution is -2.02. The van der Waals surface area contributed by atoms with Crippen molar-refractivity contribution in [3.8, 4) is 11.5 Å². The monoisotopic (exact) mass is 380 g/mol. The van der Waals surface area contributed by atoms with Gasteiger partial charge in [-0.3, -0.25) is 21.6 Å². The first kappa shape index (κ1) is 24.0. The molecule has 0 saturated carbocycles. The molecule has 0 aliphatic heterocycles. The standard InChI is InChI=1S/C9H9FO2.C9H10N2O.H4N2.H2O/c1-6(11)8-4-3-7(12-2)5-9(8)10;1-6-8-4-3-7(12-2)5-9(8)11-10-6;1-2;/h3-5H,1-2H3;3-5H,1-2H3,(H,10,11);1-2H2;1H2. The third-order valence-electron chi connectivity index (χ3n) is 3.51. The van der Waals surface area contributed by atoms with E-state index in [1.807, 2.05) is 25.1 Å². The largest absolute Gasteiger partial charge is 0.497 e. The zero-order valence-electron chi connectivity index (χ0n) is 15.7. The van der Waals surface area contributed by atoms with Gasteiger partial charge in [0.2, 0.25) is 0 Å². The number of hydrazine groups is 1. The lowest BCUT2D eigenvalue weighted by molar-refractivity contribution is 0.101. The van der Waals surface area contributed by atoms with Crippen molar-refractivity contribution in [2.75, 3.05) is 14.2 Å². The topological polar surface area (TPSA) is 148 Å². The van der Waals surface area contributed by atoms with Crippen LogP contribution >= 0.6 is 0 Å². The molecule has 0 fully saturated rings. The van der Waals surface area contributed by atoms with Crippen molar-refractivity contribution in [2.24, 2.45) is 11.7 Å². The molecule has 0 atom stereocenters. The summed E-state index contributed by atoms with van der Waals surface area (Å²) >= 11 is 0. The Morgan fingerprint density at radius 3 is 2.15 bits per heavy atom. The van der Waals surface area contributed by atoms with E-state index in [2.05, 4.69) is 21.9 Å². The highest BCUT2D eigenvalue weighted by molar-refractivity contribution is 5.94. The van der Waals surface area contributed by atoms with Gasteiger partial charge in [0.1, 0.15) is 17.3 Å². The van der Waals surface area contributed by atoms with Crippen LogP contribution in [0.5, 0.6) is 11.5 Å². The van der Waals surface area contributed by atoms with Crippen LogP contribution in [0.1, 0.15) is 23.0 Å². The Balaban J connectivity index is 0.000000444. The van der Waals surface area contributed by atoms with Crippen molar-refractivity contribution in [2.45, 2.75) is 13.8 Å². The lowest BCUT2D eigenvalue weighted by atomic mass is 10.1. The smallest absolute Gasteiger partial charge is 0.162 e. The number of aromatic nitrogens is 2. The molecule has 9 heteroatoms. The third-order valence-corrected chi connectivity index (χ3v) is 3.51. The number of nitrogens with two attached hydrogens (primary N) is 2. The van der Waals surface area contributed by atoms with Crippen LogP contribution in [-0.4, -0.2) is 35.7 Å². The SMILES string of the molecule is COc1ccc(C(C)=O)c(F)c1.COc1ccc2c(C)[nH]nc2c1.NN.O. The number of ketones is 1. The van der Waals surface area contributed by atoms with E-state index in [1.165, 1.54) is 26.2 Å². The van der Waals surface area contributed by atoms with Crippen molar-refractivity contribution in [1.29, 1.82) is 0 Å². The van der Waals surface area contributed by atoms with Crippen molar-refractivity contribution in [3.63, 3.8) is 0 Å². The van der Waals surface area contributed by atoms with E-state index in [1.54, 1.807) is 13.2 Å². The third kappa shape index (κ3) is 6.33. The fraction of sp³-hybridized carbons (Fsp3) is 0.222. The van der Waals surface area contributed by atoms with Crippen LogP contribution in [-0.2, 0) is 0 Å². The summed E-state index contributed by atoms with van der Waals surface area (Å²) in [5.41, 5.74) is 2.13. The molecule has 7 N–H and O–H groups in total. The molecule has 1 aromatic heterocycles. The van der Waals surface area contributed by atoms with Gasteiger partial charge in [0.15, 0.2) is 5.78 Å². The molecule has 2 aromatic carbocycles. The Hall–Kier alpha value is -3.01. The predicted octanol–water partition coefficient (Wildman–Crippen LogP) is 1.91. The molecule has 0 radical (unpaired) electrons. The number of nitrogens with zero attached hydrogens (tertiary/aromatic N) is 1. The second kappa shape index (κ2) is 11.6. The molecular formula is C18H25FN4O4. The number of aryl methyl sites for hydroxylation is 1. The minimum absolute atomic E-state index is 0. The zero-order valence-corrected chi connectivity index (χ0v) is 15.7. The van der Waals surface area contributed by atoms with Gasteiger partial charge >= 0.3 is 0 Å². The van der Waals surface area contributed by atoms with E-state index in [9.17, 15) is 9.18 Å². The molecule has 0 unspecified atom stereocenters. The molecule has 0 amide bonds. The van der Waals surface area contributed by atoms with Gasteiger partial charge in [0.05, 0.1) is 25.3 Å². The zero-order chi connectivity index (χ0) is 19.7. The Morgan fingerprint density at radius 1 is 1.07 bits per heavy atom. The molecule has 8 nitrogen and oxygen atoms in total. The van der Waals surface area contributed by atoms with Crippen molar-refractivity contribution >= 4 is 16.7 Å². The minimum Gasteiger partial charge on any atom is -0.497 e. The van der Waals surface area contributed by atoms with Crippen molar-refractivity contribution < 1.29 is 24.1 Å². The predicted molar refractivity (Wildman–Crippen MR) is 102 cm³/mol. The van der Waals surface area contributed by atoms with Crippen molar-refractivity contribution in [3.05, 3.63) is 53.5 Å². The van der Waals surface area contributed by atoms with Gasteiger partial charge in [-0.2, -0.15) is 5.10 Å². The average molecular weight is 380 g/mol. The minimum atomic E-state index is -0.540. The maximum atomic E-state index is 13.0. The number of methoxy groups -OCH3 is 2. The van der Waals surface area contributed by atoms with Gasteiger partial charge < -0.3 is 14.9 Å². The number of carbonyl (C=O) groups is 1. The molecule has 1 heterocycles. The van der Waals surface area contributed by atoms with Gasteiger partial charge in [0, 0.05) is 23.2 Å². The molecule has 0 aliphatic carbocycles. The first-order valence-electron chi connectivity index (χ1n) is 7.62. The molecule has 148 valence electrons. The molecule has 0 saturated heterocycles. The number of halogens is 1. The first-order chi connectivity index (χ1) is 12.5. The summed E-state index contributed by atoms with van der Waals surface area (Å²) in [6, 6.07) is 10.0. The van der Waals surface area contributed by atoms with Crippen LogP contribution in [0, 0.1) is 12.7 Å². The number of hydrogen-bond donors (Lipinski definition) is 3. The van der Waals surface area contributed by atoms with Crippen LogP contribution in [0.2, 0.25) is 0 Å². The molecule has 0 bridgehead atoms. The number of nitrogens with one attached hydrogen (secondary N) is 1. The van der Waals surface area contributed by atoms with E-state index in [-0.39, 0.29) is 16.8 Å². The molecule has 3 rings (SSSR count). The maximum Gasteiger partial charge on any atom is 0.162 e. The van der Waals surface area contributed by atoms with Crippen LogP contribution < -0.4 is 21.2 Å². The number of hydrogen-bond acceptors (Lipinski definition) is 6. The number of aromatic amines is 1. The number of rotatable bonds is 3. The number of fused-ring (bicyclic) bond motifs is 1. The lowest BCUT2D eigenvalue weighted by Gasteiger charge is -2.01. The quantitative estimate of drug-likeness (QED) is 0.359. The first-order valence-corrected chi connectivity index (χ1v) is 7.62. The van der Waals surface area contributed by atoms with E-state index < -0.39 is 5.82 Å². The summed E-state index contributed by atoms with van der Waals surface area (Å²) < 4.78 is 22.8. The number of Topliss-reactive ketones (excluding diaryl/α,β-unsaturated/α-hetero) is 1. The van der Waals surface area contributed by atoms with Gasteiger partial charge in [0.25, 0.3) is 0 Å². The van der Waals surface area contributed by atoms with Crippen LogP contribution in [0.4, 0.5) is 4.39 Å². The number of H-pyrrole nitrogens is 1. The highest BCUT2D eigenvalue weighted by Crippen LogP contribution is 2.20. The normalized spacial score (nSPS) is 9.15. The Labute approximate surface area is 156 Å². The summed E-state index contributed by atoms with van der Waals surface area (Å²) in [4.78, 5) is 10.8. The van der Waals surface area contributed by atoms with Gasteiger partial charge in [-0.1, -0.05) is 0 Å². The summed E-state index contributed by atoms with van der Waals surface area (Å²) in [5, 5.41) is 8.19. The summed E-state index contributed by atoms with van der Waals surface area (Å²) in [6.45, 7) is 3.33. The van der Waals surface area contributed by atoms with Crippen LogP contribution in [0.15, 0.2) is 36.4 Å². The molecule has 27 heavy (non-hydrogen) atoms. The number of ether oxygens (including phenoxy) is 2. The molecular weight excluding hydrogens is 355 g/mol. The number of carbonyl (C=O) groups excluding carboxylic acids is 1. The van der Waals surface area contributed by atoms with E-state index in [4.69, 9.17) is 9.47 Å².